The maximum atomic E-state index is 5.49. The van der Waals surface area contributed by atoms with Gasteiger partial charge >= 0.3 is 0 Å². The molecule has 9 heteroatoms. The van der Waals surface area contributed by atoms with Crippen LogP contribution in [-0.2, 0) is 18.3 Å². The fraction of sp³-hybridized carbons (Fsp3) is 0.812. The monoisotopic (exact) mass is 482 g/mol. The normalized spacial score (nSPS) is 17.4. The SMILES string of the molecule is CSCCCNC(=NCc1nnc(C)n1C)N(C)CC1CCOC1.I. The fourth-order valence-electron chi connectivity index (χ4n) is 2.66. The van der Waals surface area contributed by atoms with Gasteiger partial charge in [0.25, 0.3) is 0 Å². The van der Waals surface area contributed by atoms with Crippen LogP contribution >= 0.6 is 35.7 Å². The van der Waals surface area contributed by atoms with E-state index in [1.54, 1.807) is 0 Å². The molecule has 0 aliphatic carbocycles. The first kappa shape index (κ1) is 22.5. The van der Waals surface area contributed by atoms with Gasteiger partial charge in [0.15, 0.2) is 11.8 Å². The maximum Gasteiger partial charge on any atom is 0.194 e. The highest BCUT2D eigenvalue weighted by Crippen LogP contribution is 2.13. The van der Waals surface area contributed by atoms with Gasteiger partial charge in [-0.2, -0.15) is 11.8 Å². The predicted octanol–water partition coefficient (Wildman–Crippen LogP) is 1.91. The van der Waals surface area contributed by atoms with Gasteiger partial charge in [-0.3, -0.25) is 0 Å². The number of rotatable bonds is 8. The number of aliphatic imine (C=N–C) groups is 1. The van der Waals surface area contributed by atoms with E-state index >= 15 is 0 Å². The third kappa shape index (κ3) is 7.30. The highest BCUT2D eigenvalue weighted by molar-refractivity contribution is 14.0. The van der Waals surface area contributed by atoms with Gasteiger partial charge in [-0.05, 0) is 31.8 Å². The molecule has 0 radical (unpaired) electrons. The summed E-state index contributed by atoms with van der Waals surface area (Å²) in [5.74, 6) is 4.47. The molecule has 1 aliphatic rings. The van der Waals surface area contributed by atoms with E-state index in [4.69, 9.17) is 9.73 Å². The number of ether oxygens (including phenoxy) is 1. The van der Waals surface area contributed by atoms with Crippen LogP contribution in [-0.4, -0.2) is 71.0 Å². The highest BCUT2D eigenvalue weighted by Gasteiger charge is 2.19. The third-order valence-electron chi connectivity index (χ3n) is 4.28. The molecule has 0 saturated carbocycles. The van der Waals surface area contributed by atoms with Crippen molar-refractivity contribution in [1.82, 2.24) is 25.0 Å². The Morgan fingerprint density at radius 1 is 1.48 bits per heavy atom. The first-order valence-electron chi connectivity index (χ1n) is 8.52. The average molecular weight is 482 g/mol. The van der Waals surface area contributed by atoms with E-state index in [1.165, 1.54) is 0 Å². The standard InChI is InChI=1S/C16H30N6OS.HI/c1-13-19-20-15(22(13)3)10-18-16(17-7-5-9-24-4)21(2)11-14-6-8-23-12-14;/h14H,5-12H2,1-4H3,(H,17,18);1H. The zero-order chi connectivity index (χ0) is 17.4. The number of hydrogen-bond donors (Lipinski definition) is 1. The van der Waals surface area contributed by atoms with Crippen LogP contribution in [0.5, 0.6) is 0 Å². The molecule has 0 aromatic carbocycles. The van der Waals surface area contributed by atoms with Crippen molar-refractivity contribution in [1.29, 1.82) is 0 Å². The zero-order valence-corrected chi connectivity index (χ0v) is 18.8. The van der Waals surface area contributed by atoms with Crippen LogP contribution in [0.25, 0.3) is 0 Å². The third-order valence-corrected chi connectivity index (χ3v) is 4.98. The number of aryl methyl sites for hydroxylation is 1. The molecule has 1 aromatic rings. The lowest BCUT2D eigenvalue weighted by Gasteiger charge is -2.25. The van der Waals surface area contributed by atoms with Gasteiger partial charge in [0.2, 0.25) is 0 Å². The van der Waals surface area contributed by atoms with E-state index in [9.17, 15) is 0 Å². The van der Waals surface area contributed by atoms with Crippen LogP contribution in [0.3, 0.4) is 0 Å². The van der Waals surface area contributed by atoms with Crippen molar-refractivity contribution in [3.05, 3.63) is 11.6 Å². The Morgan fingerprint density at radius 2 is 2.28 bits per heavy atom. The summed E-state index contributed by atoms with van der Waals surface area (Å²) in [4.78, 5) is 6.98. The topological polar surface area (TPSA) is 67.6 Å². The smallest absolute Gasteiger partial charge is 0.194 e. The van der Waals surface area contributed by atoms with Crippen LogP contribution in [0.15, 0.2) is 4.99 Å². The molecule has 0 spiro atoms. The minimum Gasteiger partial charge on any atom is -0.381 e. The number of halogens is 1. The van der Waals surface area contributed by atoms with Crippen LogP contribution in [0, 0.1) is 12.8 Å². The largest absolute Gasteiger partial charge is 0.381 e. The van der Waals surface area contributed by atoms with Crippen molar-refractivity contribution in [3.8, 4) is 0 Å². The number of nitrogens with zero attached hydrogens (tertiary/aromatic N) is 5. The first-order valence-corrected chi connectivity index (χ1v) is 9.92. The molecule has 1 unspecified atom stereocenters. The summed E-state index contributed by atoms with van der Waals surface area (Å²) in [6.07, 6.45) is 4.40. The first-order chi connectivity index (χ1) is 11.6. The van der Waals surface area contributed by atoms with E-state index in [0.29, 0.717) is 12.5 Å². The Kier molecular flexibility index (Phi) is 10.7. The Bertz CT molecular complexity index is 533. The minimum absolute atomic E-state index is 0. The zero-order valence-electron chi connectivity index (χ0n) is 15.7. The van der Waals surface area contributed by atoms with Crippen molar-refractivity contribution < 1.29 is 4.74 Å². The molecule has 1 N–H and O–H groups in total. The van der Waals surface area contributed by atoms with Crippen molar-refractivity contribution in [2.75, 3.05) is 45.4 Å². The lowest BCUT2D eigenvalue weighted by Crippen LogP contribution is -2.42. The second-order valence-electron chi connectivity index (χ2n) is 6.25. The molecule has 0 bridgehead atoms. The summed E-state index contributed by atoms with van der Waals surface area (Å²) in [6.45, 7) is 6.12. The molecule has 1 fully saturated rings. The van der Waals surface area contributed by atoms with Crippen molar-refractivity contribution in [3.63, 3.8) is 0 Å². The number of nitrogens with one attached hydrogen (secondary N) is 1. The summed E-state index contributed by atoms with van der Waals surface area (Å²) in [5.41, 5.74) is 0. The molecule has 1 aliphatic heterocycles. The number of guanidine groups is 1. The van der Waals surface area contributed by atoms with Crippen LogP contribution < -0.4 is 5.32 Å². The summed E-state index contributed by atoms with van der Waals surface area (Å²) in [6, 6.07) is 0. The van der Waals surface area contributed by atoms with Gasteiger partial charge in [-0.15, -0.1) is 34.2 Å². The van der Waals surface area contributed by atoms with Crippen LogP contribution in [0.4, 0.5) is 0 Å². The quantitative estimate of drug-likeness (QED) is 0.264. The lowest BCUT2D eigenvalue weighted by molar-refractivity contribution is 0.181. The summed E-state index contributed by atoms with van der Waals surface area (Å²) in [7, 11) is 4.08. The molecule has 25 heavy (non-hydrogen) atoms. The maximum absolute atomic E-state index is 5.49. The van der Waals surface area contributed by atoms with E-state index in [-0.39, 0.29) is 24.0 Å². The Hall–Kier alpha value is -0.550. The molecule has 2 heterocycles. The Labute approximate surface area is 172 Å². The molecule has 1 aromatic heterocycles. The van der Waals surface area contributed by atoms with Gasteiger partial charge in [0, 0.05) is 39.7 Å². The molecule has 0 amide bonds. The summed E-state index contributed by atoms with van der Waals surface area (Å²) in [5, 5.41) is 11.8. The Morgan fingerprint density at radius 3 is 2.88 bits per heavy atom. The van der Waals surface area contributed by atoms with Crippen LogP contribution in [0.2, 0.25) is 0 Å². The molecular formula is C16H31IN6OS. The van der Waals surface area contributed by atoms with Gasteiger partial charge in [-0.1, -0.05) is 0 Å². The summed E-state index contributed by atoms with van der Waals surface area (Å²) >= 11 is 1.87. The molecule has 1 atom stereocenters. The van der Waals surface area contributed by atoms with Gasteiger partial charge in [-0.25, -0.2) is 4.99 Å². The van der Waals surface area contributed by atoms with E-state index in [0.717, 1.165) is 62.5 Å². The molecule has 7 nitrogen and oxygen atoms in total. The second kappa shape index (κ2) is 11.9. The average Bonchev–Trinajstić information content (AvgIpc) is 3.18. The number of thioether (sulfide) groups is 1. The molecule has 2 rings (SSSR count). The van der Waals surface area contributed by atoms with E-state index in [1.807, 2.05) is 30.3 Å². The van der Waals surface area contributed by atoms with Crippen molar-refractivity contribution >= 4 is 41.7 Å². The van der Waals surface area contributed by atoms with E-state index < -0.39 is 0 Å². The van der Waals surface area contributed by atoms with Crippen LogP contribution in [0.1, 0.15) is 24.5 Å². The van der Waals surface area contributed by atoms with Crippen molar-refractivity contribution in [2.24, 2.45) is 18.0 Å². The molecule has 1 saturated heterocycles. The molecule has 144 valence electrons. The predicted molar refractivity (Wildman–Crippen MR) is 115 cm³/mol. The number of hydrogen-bond acceptors (Lipinski definition) is 5. The lowest BCUT2D eigenvalue weighted by atomic mass is 10.1. The van der Waals surface area contributed by atoms with Gasteiger partial charge in [0.05, 0.1) is 6.61 Å². The minimum atomic E-state index is 0. The Balaban J connectivity index is 0.00000312. The number of aromatic nitrogens is 3. The van der Waals surface area contributed by atoms with Gasteiger partial charge in [0.1, 0.15) is 12.4 Å². The summed E-state index contributed by atoms with van der Waals surface area (Å²) < 4.78 is 7.47. The van der Waals surface area contributed by atoms with Crippen molar-refractivity contribution in [2.45, 2.75) is 26.3 Å². The fourth-order valence-corrected chi connectivity index (χ4v) is 3.10. The second-order valence-corrected chi connectivity index (χ2v) is 7.23. The van der Waals surface area contributed by atoms with Gasteiger partial charge < -0.3 is 19.5 Å². The highest BCUT2D eigenvalue weighted by atomic mass is 127. The van der Waals surface area contributed by atoms with E-state index in [2.05, 4.69) is 33.7 Å². The molecular weight excluding hydrogens is 451 g/mol.